The van der Waals surface area contributed by atoms with Crippen molar-refractivity contribution in [2.45, 2.75) is 51.1 Å². The first-order chi connectivity index (χ1) is 12.7. The van der Waals surface area contributed by atoms with E-state index in [9.17, 15) is 0 Å². The van der Waals surface area contributed by atoms with Crippen molar-refractivity contribution in [2.24, 2.45) is 11.8 Å². The molecule has 2 aromatic carbocycles. The Bertz CT molecular complexity index is 817. The quantitative estimate of drug-likeness (QED) is 0.490. The van der Waals surface area contributed by atoms with Crippen molar-refractivity contribution in [3.8, 4) is 0 Å². The first kappa shape index (κ1) is 18.2. The van der Waals surface area contributed by atoms with E-state index in [0.717, 1.165) is 11.8 Å². The molecule has 136 valence electrons. The number of nitrogens with one attached hydrogen (secondary N) is 1. The van der Waals surface area contributed by atoms with Gasteiger partial charge in [-0.05, 0) is 83.4 Å². The molecule has 0 bridgehead atoms. The number of halogens is 1. The summed E-state index contributed by atoms with van der Waals surface area (Å²) in [5.74, 6) is 1.57. The van der Waals surface area contributed by atoms with E-state index < -0.39 is 0 Å². The molecule has 2 heteroatoms. The Kier molecular flexibility index (Phi) is 5.80. The molecule has 0 radical (unpaired) electrons. The molecule has 2 aromatic rings. The monoisotopic (exact) mass is 457 g/mol. The van der Waals surface area contributed by atoms with Crippen LogP contribution in [-0.4, -0.2) is 6.04 Å². The number of rotatable bonds is 4. The number of hydrogen-bond donors (Lipinski definition) is 1. The zero-order valence-corrected chi connectivity index (χ0v) is 17.7. The summed E-state index contributed by atoms with van der Waals surface area (Å²) in [7, 11) is 0. The normalized spacial score (nSPS) is 27.3. The van der Waals surface area contributed by atoms with Gasteiger partial charge in [0.25, 0.3) is 0 Å². The zero-order valence-electron chi connectivity index (χ0n) is 15.5. The molecule has 4 atom stereocenters. The van der Waals surface area contributed by atoms with Crippen LogP contribution in [0.25, 0.3) is 10.8 Å². The SMILES string of the molecule is C[C@@H](NC1CCC[C@H](C2C=CC(I)=CC2)C1)c1cccc2ccccc12. The van der Waals surface area contributed by atoms with Gasteiger partial charge in [-0.1, -0.05) is 67.1 Å². The molecule has 1 fully saturated rings. The molecule has 0 spiro atoms. The third-order valence-electron chi connectivity index (χ3n) is 6.18. The standard InChI is InChI=1S/C24H28IN/c1-17(23-11-5-7-19-6-2-3-10-24(19)23)26-22-9-4-8-20(16-22)18-12-14-21(25)15-13-18/h2-3,5-7,10-12,14-15,17-18,20,22,26H,4,8-9,13,16H2,1H3/t17-,18?,20+,22?/m1/s1. The van der Waals surface area contributed by atoms with Gasteiger partial charge in [0.1, 0.15) is 0 Å². The molecule has 0 aromatic heterocycles. The third-order valence-corrected chi connectivity index (χ3v) is 6.98. The number of hydrogen-bond acceptors (Lipinski definition) is 1. The first-order valence-corrected chi connectivity index (χ1v) is 11.1. The highest BCUT2D eigenvalue weighted by Crippen LogP contribution is 2.36. The number of fused-ring (bicyclic) bond motifs is 1. The molecule has 2 unspecified atom stereocenters. The molecular weight excluding hydrogens is 429 g/mol. The van der Waals surface area contributed by atoms with Crippen LogP contribution >= 0.6 is 22.6 Å². The second-order valence-corrected chi connectivity index (χ2v) is 9.17. The van der Waals surface area contributed by atoms with Crippen LogP contribution in [0.2, 0.25) is 0 Å². The lowest BCUT2D eigenvalue weighted by Gasteiger charge is -2.36. The molecule has 0 heterocycles. The van der Waals surface area contributed by atoms with Crippen molar-refractivity contribution in [3.05, 3.63) is 69.8 Å². The van der Waals surface area contributed by atoms with Gasteiger partial charge in [0.2, 0.25) is 0 Å². The average molecular weight is 457 g/mol. The van der Waals surface area contributed by atoms with Crippen LogP contribution in [-0.2, 0) is 0 Å². The highest BCUT2D eigenvalue weighted by Gasteiger charge is 2.28. The summed E-state index contributed by atoms with van der Waals surface area (Å²) in [5.41, 5.74) is 1.43. The lowest BCUT2D eigenvalue weighted by molar-refractivity contribution is 0.228. The lowest BCUT2D eigenvalue weighted by Crippen LogP contribution is -2.37. The van der Waals surface area contributed by atoms with Crippen molar-refractivity contribution in [1.82, 2.24) is 5.32 Å². The van der Waals surface area contributed by atoms with E-state index in [1.807, 2.05) is 0 Å². The van der Waals surface area contributed by atoms with Crippen molar-refractivity contribution < 1.29 is 0 Å². The fourth-order valence-corrected chi connectivity index (χ4v) is 5.26. The van der Waals surface area contributed by atoms with E-state index in [1.165, 1.54) is 52.0 Å². The van der Waals surface area contributed by atoms with Gasteiger partial charge in [-0.25, -0.2) is 0 Å². The van der Waals surface area contributed by atoms with E-state index >= 15 is 0 Å². The summed E-state index contributed by atoms with van der Waals surface area (Å²) in [6, 6.07) is 16.5. The Hall–Kier alpha value is -1.13. The lowest BCUT2D eigenvalue weighted by atomic mass is 9.75. The van der Waals surface area contributed by atoms with Gasteiger partial charge in [-0.3, -0.25) is 0 Å². The molecule has 1 nitrogen and oxygen atoms in total. The summed E-state index contributed by atoms with van der Waals surface area (Å²) < 4.78 is 1.40. The smallest absolute Gasteiger partial charge is 0.0300 e. The summed E-state index contributed by atoms with van der Waals surface area (Å²) in [6.07, 6.45) is 13.8. The van der Waals surface area contributed by atoms with Crippen LogP contribution in [0.1, 0.15) is 50.6 Å². The van der Waals surface area contributed by atoms with Crippen LogP contribution in [0, 0.1) is 11.8 Å². The number of benzene rings is 2. The fourth-order valence-electron chi connectivity index (χ4n) is 4.80. The molecule has 1 saturated carbocycles. The molecule has 2 aliphatic rings. The minimum atomic E-state index is 0.396. The van der Waals surface area contributed by atoms with Crippen LogP contribution in [0.4, 0.5) is 0 Å². The second-order valence-electron chi connectivity index (χ2n) is 7.93. The molecule has 0 aliphatic heterocycles. The summed E-state index contributed by atoms with van der Waals surface area (Å²) in [6.45, 7) is 2.33. The molecule has 2 aliphatic carbocycles. The van der Waals surface area contributed by atoms with Gasteiger partial charge in [0.15, 0.2) is 0 Å². The third kappa shape index (κ3) is 4.07. The van der Waals surface area contributed by atoms with Crippen LogP contribution in [0.15, 0.2) is 64.3 Å². The zero-order chi connectivity index (χ0) is 17.9. The van der Waals surface area contributed by atoms with E-state index in [0.29, 0.717) is 12.1 Å². The van der Waals surface area contributed by atoms with Crippen molar-refractivity contribution >= 4 is 33.4 Å². The Morgan fingerprint density at radius 2 is 1.92 bits per heavy atom. The Morgan fingerprint density at radius 1 is 1.08 bits per heavy atom. The largest absolute Gasteiger partial charge is 0.307 e. The highest BCUT2D eigenvalue weighted by atomic mass is 127. The van der Waals surface area contributed by atoms with E-state index in [2.05, 4.69) is 95.5 Å². The Balaban J connectivity index is 1.44. The van der Waals surface area contributed by atoms with Gasteiger partial charge in [0, 0.05) is 15.7 Å². The minimum Gasteiger partial charge on any atom is -0.307 e. The summed E-state index contributed by atoms with van der Waals surface area (Å²) in [4.78, 5) is 0. The molecule has 0 amide bonds. The molecule has 4 rings (SSSR count). The van der Waals surface area contributed by atoms with Crippen LogP contribution in [0.5, 0.6) is 0 Å². The molecule has 1 N–H and O–H groups in total. The van der Waals surface area contributed by atoms with E-state index in [1.54, 1.807) is 0 Å². The predicted molar refractivity (Wildman–Crippen MR) is 121 cm³/mol. The topological polar surface area (TPSA) is 12.0 Å². The van der Waals surface area contributed by atoms with E-state index in [4.69, 9.17) is 0 Å². The Labute approximate surface area is 171 Å². The maximum Gasteiger partial charge on any atom is 0.0300 e. The summed E-state index contributed by atoms with van der Waals surface area (Å²) >= 11 is 2.43. The second kappa shape index (κ2) is 8.26. The van der Waals surface area contributed by atoms with Gasteiger partial charge in [-0.2, -0.15) is 0 Å². The predicted octanol–water partition coefficient (Wildman–Crippen LogP) is 6.94. The van der Waals surface area contributed by atoms with Crippen molar-refractivity contribution in [1.29, 1.82) is 0 Å². The maximum atomic E-state index is 3.96. The first-order valence-electron chi connectivity index (χ1n) is 9.98. The fraction of sp³-hybridized carbons (Fsp3) is 0.417. The highest BCUT2D eigenvalue weighted by molar-refractivity contribution is 14.1. The van der Waals surface area contributed by atoms with Crippen LogP contribution in [0.3, 0.4) is 0 Å². The molecular formula is C24H28IN. The van der Waals surface area contributed by atoms with E-state index in [-0.39, 0.29) is 0 Å². The maximum absolute atomic E-state index is 3.96. The number of allylic oxidation sites excluding steroid dienone is 4. The van der Waals surface area contributed by atoms with Gasteiger partial charge >= 0.3 is 0 Å². The molecule has 0 saturated heterocycles. The van der Waals surface area contributed by atoms with Gasteiger partial charge in [-0.15, -0.1) is 0 Å². The van der Waals surface area contributed by atoms with Crippen LogP contribution < -0.4 is 5.32 Å². The summed E-state index contributed by atoms with van der Waals surface area (Å²) in [5, 5.41) is 6.69. The molecule has 26 heavy (non-hydrogen) atoms. The van der Waals surface area contributed by atoms with Gasteiger partial charge in [0.05, 0.1) is 0 Å². The van der Waals surface area contributed by atoms with Gasteiger partial charge < -0.3 is 5.32 Å². The Morgan fingerprint density at radius 3 is 2.77 bits per heavy atom. The van der Waals surface area contributed by atoms with Crippen molar-refractivity contribution in [3.63, 3.8) is 0 Å². The van der Waals surface area contributed by atoms with Crippen molar-refractivity contribution in [2.75, 3.05) is 0 Å². The average Bonchev–Trinajstić information content (AvgIpc) is 2.68. The minimum absolute atomic E-state index is 0.396.